The van der Waals surface area contributed by atoms with E-state index in [0.29, 0.717) is 18.9 Å². The zero-order valence-corrected chi connectivity index (χ0v) is 14.8. The van der Waals surface area contributed by atoms with Crippen molar-refractivity contribution in [3.8, 4) is 0 Å². The first-order valence-electron chi connectivity index (χ1n) is 8.55. The third-order valence-electron chi connectivity index (χ3n) is 4.83. The summed E-state index contributed by atoms with van der Waals surface area (Å²) in [6.07, 6.45) is 1.23. The lowest BCUT2D eigenvalue weighted by Crippen LogP contribution is -2.35. The number of hydrogen-bond donors (Lipinski definition) is 1. The molecule has 2 rings (SSSR count). The van der Waals surface area contributed by atoms with E-state index in [1.54, 1.807) is 0 Å². The number of nitrogens with zero attached hydrogens (tertiary/aromatic N) is 1. The number of benzene rings is 1. The van der Waals surface area contributed by atoms with Gasteiger partial charge in [0.15, 0.2) is 0 Å². The van der Waals surface area contributed by atoms with Gasteiger partial charge in [0, 0.05) is 24.7 Å². The quantitative estimate of drug-likeness (QED) is 0.900. The van der Waals surface area contributed by atoms with Crippen molar-refractivity contribution in [2.45, 2.75) is 59.4 Å². The molecule has 1 aromatic rings. The van der Waals surface area contributed by atoms with Gasteiger partial charge in [0.25, 0.3) is 0 Å². The summed E-state index contributed by atoms with van der Waals surface area (Å²) < 4.78 is 0. The Labute approximate surface area is 139 Å². The third-order valence-corrected chi connectivity index (χ3v) is 4.83. The van der Waals surface area contributed by atoms with Crippen LogP contribution in [0.25, 0.3) is 0 Å². The average molecular weight is 316 g/mol. The first-order valence-corrected chi connectivity index (χ1v) is 8.55. The minimum Gasteiger partial charge on any atom is -0.339 e. The van der Waals surface area contributed by atoms with Crippen LogP contribution in [0.1, 0.15) is 57.6 Å². The maximum Gasteiger partial charge on any atom is 0.229 e. The Morgan fingerprint density at radius 3 is 2.65 bits per heavy atom. The van der Waals surface area contributed by atoms with Gasteiger partial charge in [-0.15, -0.1) is 0 Å². The Bertz CT molecular complexity index is 595. The van der Waals surface area contributed by atoms with Crippen LogP contribution in [0, 0.1) is 12.8 Å². The number of para-hydroxylation sites is 1. The molecule has 1 aliphatic rings. The molecule has 23 heavy (non-hydrogen) atoms. The summed E-state index contributed by atoms with van der Waals surface area (Å²) in [4.78, 5) is 26.6. The first kappa shape index (κ1) is 17.5. The van der Waals surface area contributed by atoms with E-state index in [4.69, 9.17) is 0 Å². The highest BCUT2D eigenvalue weighted by atomic mass is 16.2. The number of likely N-dealkylation sites (tertiary alicyclic amines) is 1. The van der Waals surface area contributed by atoms with E-state index < -0.39 is 0 Å². The molecule has 2 unspecified atom stereocenters. The number of hydrogen-bond acceptors (Lipinski definition) is 2. The minimum atomic E-state index is -0.254. The molecule has 2 amide bonds. The number of aryl methyl sites for hydroxylation is 1. The Morgan fingerprint density at radius 1 is 1.35 bits per heavy atom. The summed E-state index contributed by atoms with van der Waals surface area (Å²) in [6.45, 7) is 10.9. The summed E-state index contributed by atoms with van der Waals surface area (Å²) in [5.41, 5.74) is 3.11. The van der Waals surface area contributed by atoms with Crippen molar-refractivity contribution in [3.63, 3.8) is 0 Å². The van der Waals surface area contributed by atoms with Gasteiger partial charge in [-0.2, -0.15) is 0 Å². The molecular formula is C19H28N2O2. The van der Waals surface area contributed by atoms with Gasteiger partial charge in [-0.05, 0) is 37.3 Å². The summed E-state index contributed by atoms with van der Waals surface area (Å²) in [6, 6.07) is 6.28. The Morgan fingerprint density at radius 2 is 2.04 bits per heavy atom. The van der Waals surface area contributed by atoms with E-state index in [-0.39, 0.29) is 23.8 Å². The van der Waals surface area contributed by atoms with Gasteiger partial charge in [0.2, 0.25) is 11.8 Å². The SMILES string of the molecule is CCC(C)N1CC(C(=O)Nc2c(C)cccc2C(C)C)CC1=O. The lowest BCUT2D eigenvalue weighted by molar-refractivity contribution is -0.129. The molecule has 1 N–H and O–H groups in total. The van der Waals surface area contributed by atoms with Crippen LogP contribution >= 0.6 is 0 Å². The molecular weight excluding hydrogens is 288 g/mol. The third kappa shape index (κ3) is 3.74. The molecule has 0 spiro atoms. The highest BCUT2D eigenvalue weighted by Crippen LogP contribution is 2.29. The summed E-state index contributed by atoms with van der Waals surface area (Å²) >= 11 is 0. The van der Waals surface area contributed by atoms with Gasteiger partial charge in [0.05, 0.1) is 5.92 Å². The Kier molecular flexibility index (Phi) is 5.45. The van der Waals surface area contributed by atoms with Crippen molar-refractivity contribution < 1.29 is 9.59 Å². The van der Waals surface area contributed by atoms with Crippen molar-refractivity contribution in [1.82, 2.24) is 4.90 Å². The molecule has 1 aromatic carbocycles. The van der Waals surface area contributed by atoms with E-state index in [1.807, 2.05) is 30.9 Å². The van der Waals surface area contributed by atoms with Crippen molar-refractivity contribution in [2.24, 2.45) is 5.92 Å². The van der Waals surface area contributed by atoms with Crippen molar-refractivity contribution in [3.05, 3.63) is 29.3 Å². The summed E-state index contributed by atoms with van der Waals surface area (Å²) in [7, 11) is 0. The predicted molar refractivity (Wildman–Crippen MR) is 93.5 cm³/mol. The van der Waals surface area contributed by atoms with Crippen molar-refractivity contribution in [2.75, 3.05) is 11.9 Å². The van der Waals surface area contributed by atoms with Crippen LogP contribution in [0.2, 0.25) is 0 Å². The number of rotatable bonds is 5. The first-order chi connectivity index (χ1) is 10.8. The smallest absolute Gasteiger partial charge is 0.229 e. The van der Waals surface area contributed by atoms with Gasteiger partial charge < -0.3 is 10.2 Å². The molecule has 0 radical (unpaired) electrons. The minimum absolute atomic E-state index is 0.0413. The molecule has 2 atom stereocenters. The van der Waals surface area contributed by atoms with E-state index in [2.05, 4.69) is 32.2 Å². The fraction of sp³-hybridized carbons (Fsp3) is 0.579. The van der Waals surface area contributed by atoms with Gasteiger partial charge in [0.1, 0.15) is 0 Å². The van der Waals surface area contributed by atoms with E-state index in [0.717, 1.165) is 23.2 Å². The van der Waals surface area contributed by atoms with Crippen LogP contribution in [-0.4, -0.2) is 29.3 Å². The molecule has 1 saturated heterocycles. The van der Waals surface area contributed by atoms with Crippen LogP contribution in [0.15, 0.2) is 18.2 Å². The monoisotopic (exact) mass is 316 g/mol. The second-order valence-corrected chi connectivity index (χ2v) is 6.89. The maximum atomic E-state index is 12.7. The second kappa shape index (κ2) is 7.16. The van der Waals surface area contributed by atoms with Crippen molar-refractivity contribution >= 4 is 17.5 Å². The molecule has 4 nitrogen and oxygen atoms in total. The largest absolute Gasteiger partial charge is 0.339 e. The molecule has 0 aromatic heterocycles. The number of nitrogens with one attached hydrogen (secondary N) is 1. The molecule has 126 valence electrons. The average Bonchev–Trinajstić information content (AvgIpc) is 2.90. The maximum absolute atomic E-state index is 12.7. The van der Waals surface area contributed by atoms with Crippen LogP contribution in [0.4, 0.5) is 5.69 Å². The fourth-order valence-electron chi connectivity index (χ4n) is 3.12. The summed E-state index contributed by atoms with van der Waals surface area (Å²) in [5.74, 6) is 0.136. The second-order valence-electron chi connectivity index (χ2n) is 6.89. The van der Waals surface area contributed by atoms with Gasteiger partial charge in [-0.25, -0.2) is 0 Å². The van der Waals surface area contributed by atoms with E-state index in [9.17, 15) is 9.59 Å². The van der Waals surface area contributed by atoms with Crippen LogP contribution < -0.4 is 5.32 Å². The standard InChI is InChI=1S/C19H28N2O2/c1-6-14(5)21-11-15(10-17(21)22)19(23)20-18-13(4)8-7-9-16(18)12(2)3/h7-9,12,14-15H,6,10-11H2,1-5H3,(H,20,23). The molecule has 0 saturated carbocycles. The van der Waals surface area contributed by atoms with Gasteiger partial charge in [-0.1, -0.05) is 39.0 Å². The van der Waals surface area contributed by atoms with Crippen LogP contribution in [-0.2, 0) is 9.59 Å². The molecule has 1 aliphatic heterocycles. The van der Waals surface area contributed by atoms with Gasteiger partial charge in [-0.3, -0.25) is 9.59 Å². The van der Waals surface area contributed by atoms with Crippen molar-refractivity contribution in [1.29, 1.82) is 0 Å². The van der Waals surface area contributed by atoms with Crippen LogP contribution in [0.3, 0.4) is 0 Å². The zero-order chi connectivity index (χ0) is 17.1. The van der Waals surface area contributed by atoms with E-state index >= 15 is 0 Å². The lowest BCUT2D eigenvalue weighted by atomic mass is 9.97. The summed E-state index contributed by atoms with van der Waals surface area (Å²) in [5, 5.41) is 3.08. The molecule has 0 aliphatic carbocycles. The molecule has 0 bridgehead atoms. The topological polar surface area (TPSA) is 49.4 Å². The highest BCUT2D eigenvalue weighted by Gasteiger charge is 2.36. The number of carbonyl (C=O) groups is 2. The number of carbonyl (C=O) groups excluding carboxylic acids is 2. The lowest BCUT2D eigenvalue weighted by Gasteiger charge is -2.23. The number of amides is 2. The highest BCUT2D eigenvalue weighted by molar-refractivity contribution is 5.98. The van der Waals surface area contributed by atoms with E-state index in [1.165, 1.54) is 0 Å². The normalized spacial score (nSPS) is 19.3. The zero-order valence-electron chi connectivity index (χ0n) is 14.8. The predicted octanol–water partition coefficient (Wildman–Crippen LogP) is 3.70. The van der Waals surface area contributed by atoms with Crippen LogP contribution in [0.5, 0.6) is 0 Å². The Hall–Kier alpha value is -1.84. The fourth-order valence-corrected chi connectivity index (χ4v) is 3.12. The molecule has 1 fully saturated rings. The Balaban J connectivity index is 2.14. The number of anilines is 1. The molecule has 4 heteroatoms. The molecule has 1 heterocycles. The van der Waals surface area contributed by atoms with Gasteiger partial charge >= 0.3 is 0 Å².